The Morgan fingerprint density at radius 2 is 1.07 bits per heavy atom. The van der Waals surface area contributed by atoms with Crippen molar-refractivity contribution in [2.45, 2.75) is 19.8 Å². The van der Waals surface area contributed by atoms with Crippen LogP contribution in [0.2, 0.25) is 0 Å². The lowest BCUT2D eigenvalue weighted by atomic mass is 10.0. The molecule has 2 aromatic carbocycles. The fourth-order valence-electron chi connectivity index (χ4n) is 3.85. The normalized spacial score (nSPS) is 16.6. The van der Waals surface area contributed by atoms with Crippen LogP contribution in [0, 0.1) is 5.92 Å². The van der Waals surface area contributed by atoms with Crippen molar-refractivity contribution in [1.82, 2.24) is 9.80 Å². The third-order valence-electron chi connectivity index (χ3n) is 5.33. The van der Waals surface area contributed by atoms with Gasteiger partial charge >= 0.3 is 0 Å². The number of hydrogen-bond acceptors (Lipinski definition) is 4. The van der Waals surface area contributed by atoms with E-state index in [0.29, 0.717) is 48.2 Å². The minimum Gasteiger partial charge on any atom is -0.274 e. The predicted octanol–water partition coefficient (Wildman–Crippen LogP) is 3.00. The number of carbonyl (C=O) groups is 4. The molecule has 1 unspecified atom stereocenters. The molecule has 0 bridgehead atoms. The van der Waals surface area contributed by atoms with E-state index >= 15 is 0 Å². The molecule has 4 rings (SSSR count). The van der Waals surface area contributed by atoms with Crippen LogP contribution in [0.4, 0.5) is 0 Å². The van der Waals surface area contributed by atoms with E-state index in [2.05, 4.69) is 0 Å². The summed E-state index contributed by atoms with van der Waals surface area (Å²) >= 11 is 0. The highest BCUT2D eigenvalue weighted by atomic mass is 16.2. The van der Waals surface area contributed by atoms with Gasteiger partial charge in [0.15, 0.2) is 0 Å². The van der Waals surface area contributed by atoms with E-state index in [1.165, 1.54) is 9.80 Å². The monoisotopic (exact) mass is 376 g/mol. The first-order valence-corrected chi connectivity index (χ1v) is 9.39. The number of amides is 4. The third-order valence-corrected chi connectivity index (χ3v) is 5.33. The molecule has 2 heterocycles. The van der Waals surface area contributed by atoms with Crippen LogP contribution < -0.4 is 0 Å². The van der Waals surface area contributed by atoms with Gasteiger partial charge in [-0.05, 0) is 43.0 Å². The molecule has 4 amide bonds. The van der Waals surface area contributed by atoms with Crippen LogP contribution in [0.25, 0.3) is 0 Å². The smallest absolute Gasteiger partial charge is 0.261 e. The molecule has 0 fully saturated rings. The molecular weight excluding hydrogens is 356 g/mol. The van der Waals surface area contributed by atoms with E-state index in [1.54, 1.807) is 48.5 Å². The number of rotatable bonds is 6. The van der Waals surface area contributed by atoms with Crippen LogP contribution in [0.3, 0.4) is 0 Å². The first-order chi connectivity index (χ1) is 13.5. The van der Waals surface area contributed by atoms with E-state index in [1.807, 2.05) is 6.92 Å². The van der Waals surface area contributed by atoms with Crippen LogP contribution in [0.15, 0.2) is 48.5 Å². The summed E-state index contributed by atoms with van der Waals surface area (Å²) in [7, 11) is 0. The molecule has 2 aliphatic rings. The molecule has 0 aliphatic carbocycles. The second kappa shape index (κ2) is 7.03. The van der Waals surface area contributed by atoms with Crippen molar-refractivity contribution < 1.29 is 19.2 Å². The molecule has 142 valence electrons. The maximum absolute atomic E-state index is 12.4. The van der Waals surface area contributed by atoms with Gasteiger partial charge in [-0.15, -0.1) is 0 Å². The van der Waals surface area contributed by atoms with E-state index in [9.17, 15) is 19.2 Å². The zero-order chi connectivity index (χ0) is 19.8. The summed E-state index contributed by atoms with van der Waals surface area (Å²) in [5.41, 5.74) is 1.80. The van der Waals surface area contributed by atoms with Crippen molar-refractivity contribution in [3.05, 3.63) is 70.8 Å². The minimum atomic E-state index is -0.257. The summed E-state index contributed by atoms with van der Waals surface area (Å²) in [6, 6.07) is 13.7. The van der Waals surface area contributed by atoms with Crippen molar-refractivity contribution >= 4 is 23.6 Å². The molecule has 28 heavy (non-hydrogen) atoms. The van der Waals surface area contributed by atoms with Crippen LogP contribution in [-0.4, -0.2) is 46.5 Å². The van der Waals surface area contributed by atoms with Gasteiger partial charge in [0.2, 0.25) is 0 Å². The number of imide groups is 2. The second-order valence-electron chi connectivity index (χ2n) is 7.32. The Morgan fingerprint density at radius 3 is 1.50 bits per heavy atom. The molecule has 0 N–H and O–H groups in total. The lowest BCUT2D eigenvalue weighted by Gasteiger charge is -2.20. The van der Waals surface area contributed by atoms with E-state index in [-0.39, 0.29) is 29.5 Å². The van der Waals surface area contributed by atoms with Gasteiger partial charge in [0.1, 0.15) is 0 Å². The van der Waals surface area contributed by atoms with Crippen molar-refractivity contribution in [2.24, 2.45) is 5.92 Å². The van der Waals surface area contributed by atoms with E-state index in [4.69, 9.17) is 0 Å². The molecule has 0 spiro atoms. The van der Waals surface area contributed by atoms with Crippen LogP contribution in [0.1, 0.15) is 61.2 Å². The second-order valence-corrected chi connectivity index (χ2v) is 7.32. The Labute approximate surface area is 162 Å². The van der Waals surface area contributed by atoms with Crippen molar-refractivity contribution in [1.29, 1.82) is 0 Å². The first-order valence-electron chi connectivity index (χ1n) is 9.39. The average Bonchev–Trinajstić information content (AvgIpc) is 3.09. The fourth-order valence-corrected chi connectivity index (χ4v) is 3.85. The highest BCUT2D eigenvalue weighted by Gasteiger charge is 2.36. The summed E-state index contributed by atoms with van der Waals surface area (Å²) < 4.78 is 0. The van der Waals surface area contributed by atoms with Gasteiger partial charge in [-0.25, -0.2) is 0 Å². The molecule has 1 atom stereocenters. The molecule has 2 aromatic rings. The number of hydrogen-bond donors (Lipinski definition) is 0. The summed E-state index contributed by atoms with van der Waals surface area (Å²) in [6.45, 7) is 2.62. The van der Waals surface area contributed by atoms with Crippen molar-refractivity contribution in [2.75, 3.05) is 13.1 Å². The Hall–Kier alpha value is -3.28. The molecule has 2 aliphatic heterocycles. The van der Waals surface area contributed by atoms with Gasteiger partial charge < -0.3 is 0 Å². The summed E-state index contributed by atoms with van der Waals surface area (Å²) in [5, 5.41) is 0. The number of benzene rings is 2. The third kappa shape index (κ3) is 2.91. The zero-order valence-corrected chi connectivity index (χ0v) is 15.6. The highest BCUT2D eigenvalue weighted by Crippen LogP contribution is 2.25. The van der Waals surface area contributed by atoms with Crippen LogP contribution in [0.5, 0.6) is 0 Å². The van der Waals surface area contributed by atoms with E-state index < -0.39 is 0 Å². The van der Waals surface area contributed by atoms with Gasteiger partial charge in [0.05, 0.1) is 22.3 Å². The SMILES string of the molecule is CC(CCCN1C(=O)c2ccccc2C1=O)CN1C(=O)c2ccccc2C1=O. The molecule has 6 heteroatoms. The van der Waals surface area contributed by atoms with Crippen LogP contribution >= 0.6 is 0 Å². The van der Waals surface area contributed by atoms with Crippen LogP contribution in [-0.2, 0) is 0 Å². The number of nitrogens with zero attached hydrogens (tertiary/aromatic N) is 2. The van der Waals surface area contributed by atoms with Gasteiger partial charge in [0.25, 0.3) is 23.6 Å². The fraction of sp³-hybridized carbons (Fsp3) is 0.273. The maximum Gasteiger partial charge on any atom is 0.261 e. The largest absolute Gasteiger partial charge is 0.274 e. The zero-order valence-electron chi connectivity index (χ0n) is 15.6. The van der Waals surface area contributed by atoms with Gasteiger partial charge in [0, 0.05) is 13.1 Å². The summed E-state index contributed by atoms with van der Waals surface area (Å²) in [6.07, 6.45) is 1.32. The van der Waals surface area contributed by atoms with Crippen molar-refractivity contribution in [3.63, 3.8) is 0 Å². The van der Waals surface area contributed by atoms with Gasteiger partial charge in [-0.1, -0.05) is 31.2 Å². The molecule has 6 nitrogen and oxygen atoms in total. The molecule has 0 saturated heterocycles. The molecule has 0 aromatic heterocycles. The van der Waals surface area contributed by atoms with Gasteiger partial charge in [-0.2, -0.15) is 0 Å². The highest BCUT2D eigenvalue weighted by molar-refractivity contribution is 6.22. The Kier molecular flexibility index (Phi) is 4.55. The molecular formula is C22H20N2O4. The van der Waals surface area contributed by atoms with Gasteiger partial charge in [-0.3, -0.25) is 29.0 Å². The predicted molar refractivity (Wildman–Crippen MR) is 102 cm³/mol. The summed E-state index contributed by atoms with van der Waals surface area (Å²) in [4.78, 5) is 52.2. The lowest BCUT2D eigenvalue weighted by molar-refractivity contribution is 0.0629. The summed E-state index contributed by atoms with van der Waals surface area (Å²) in [5.74, 6) is -0.958. The Morgan fingerprint density at radius 1 is 0.679 bits per heavy atom. The lowest BCUT2D eigenvalue weighted by Crippen LogP contribution is -2.34. The maximum atomic E-state index is 12.4. The minimum absolute atomic E-state index is 0.0670. The standard InChI is InChI=1S/C22H20N2O4/c1-14(13-24-21(27)17-10-4-5-11-18(17)22(24)28)7-6-12-23-19(25)15-8-2-3-9-16(15)20(23)26/h2-5,8-11,14H,6-7,12-13H2,1H3. The Balaban J connectivity index is 1.32. The Bertz CT molecular complexity index is 928. The topological polar surface area (TPSA) is 74.8 Å². The first kappa shape index (κ1) is 18.1. The van der Waals surface area contributed by atoms with Crippen molar-refractivity contribution in [3.8, 4) is 0 Å². The molecule has 0 radical (unpaired) electrons. The number of fused-ring (bicyclic) bond motifs is 2. The number of carbonyl (C=O) groups excluding carboxylic acids is 4. The average molecular weight is 376 g/mol. The molecule has 0 saturated carbocycles. The quantitative estimate of drug-likeness (QED) is 0.727. The van der Waals surface area contributed by atoms with E-state index in [0.717, 1.165) is 0 Å².